The van der Waals surface area contributed by atoms with Crippen LogP contribution in [0.1, 0.15) is 12.5 Å². The van der Waals surface area contributed by atoms with Crippen LogP contribution in [-0.2, 0) is 16.1 Å². The van der Waals surface area contributed by atoms with Gasteiger partial charge in [-0.25, -0.2) is 0 Å². The zero-order valence-electron chi connectivity index (χ0n) is 12.0. The van der Waals surface area contributed by atoms with Crippen molar-refractivity contribution in [3.05, 3.63) is 23.8 Å². The van der Waals surface area contributed by atoms with Gasteiger partial charge in [-0.05, 0) is 24.6 Å². The fourth-order valence-corrected chi connectivity index (χ4v) is 1.65. The quantitative estimate of drug-likeness (QED) is 0.617. The lowest BCUT2D eigenvalue weighted by Crippen LogP contribution is -2.23. The van der Waals surface area contributed by atoms with Gasteiger partial charge in [0.1, 0.15) is 6.61 Å². The molecule has 0 atom stereocenters. The summed E-state index contributed by atoms with van der Waals surface area (Å²) in [5.41, 5.74) is 6.04. The van der Waals surface area contributed by atoms with E-state index in [0.29, 0.717) is 26.3 Å². The summed E-state index contributed by atoms with van der Waals surface area (Å²) in [6.07, 6.45) is 0. The van der Waals surface area contributed by atoms with Crippen LogP contribution in [0.25, 0.3) is 0 Å². The molecular formula is C14H22N2O4. The van der Waals surface area contributed by atoms with Gasteiger partial charge >= 0.3 is 0 Å². The number of primary amides is 1. The van der Waals surface area contributed by atoms with E-state index in [2.05, 4.69) is 5.32 Å². The van der Waals surface area contributed by atoms with Crippen molar-refractivity contribution in [1.29, 1.82) is 0 Å². The summed E-state index contributed by atoms with van der Waals surface area (Å²) in [7, 11) is 1.62. The van der Waals surface area contributed by atoms with Gasteiger partial charge in [0.05, 0.1) is 20.3 Å². The summed E-state index contributed by atoms with van der Waals surface area (Å²) < 4.78 is 15.8. The van der Waals surface area contributed by atoms with Gasteiger partial charge in [-0.1, -0.05) is 6.07 Å². The molecule has 0 saturated heterocycles. The number of hydrogen-bond acceptors (Lipinski definition) is 5. The highest BCUT2D eigenvalue weighted by Gasteiger charge is 2.04. The average molecular weight is 282 g/mol. The lowest BCUT2D eigenvalue weighted by molar-refractivity contribution is -0.122. The molecule has 6 nitrogen and oxygen atoms in total. The first-order chi connectivity index (χ1) is 9.67. The Bertz CT molecular complexity index is 424. The number of benzene rings is 1. The van der Waals surface area contributed by atoms with E-state index < -0.39 is 5.91 Å². The molecule has 20 heavy (non-hydrogen) atoms. The molecule has 1 aromatic rings. The van der Waals surface area contributed by atoms with Crippen molar-refractivity contribution < 1.29 is 19.0 Å². The highest BCUT2D eigenvalue weighted by atomic mass is 16.5. The maximum Gasteiger partial charge on any atom is 0.243 e. The molecule has 1 amide bonds. The first-order valence-corrected chi connectivity index (χ1v) is 6.53. The highest BCUT2D eigenvalue weighted by Crippen LogP contribution is 2.27. The van der Waals surface area contributed by atoms with Crippen LogP contribution in [0, 0.1) is 0 Å². The third kappa shape index (κ3) is 5.90. The fourth-order valence-electron chi connectivity index (χ4n) is 1.65. The second kappa shape index (κ2) is 9.17. The van der Waals surface area contributed by atoms with Crippen LogP contribution >= 0.6 is 0 Å². The number of ether oxygens (including phenoxy) is 3. The van der Waals surface area contributed by atoms with Crippen LogP contribution in [0.3, 0.4) is 0 Å². The Kier molecular flexibility index (Phi) is 7.46. The molecule has 0 aliphatic rings. The van der Waals surface area contributed by atoms with E-state index in [0.717, 1.165) is 17.1 Å². The average Bonchev–Trinajstić information content (AvgIpc) is 2.44. The minimum absolute atomic E-state index is 0.0431. The lowest BCUT2D eigenvalue weighted by Gasteiger charge is -2.11. The maximum atomic E-state index is 10.5. The van der Waals surface area contributed by atoms with Crippen molar-refractivity contribution in [3.8, 4) is 11.5 Å². The van der Waals surface area contributed by atoms with E-state index in [-0.39, 0.29) is 6.61 Å². The standard InChI is InChI=1S/C14H22N2O4/c1-3-20-12-5-4-11(8-13(12)18-2)9-16-6-7-19-10-14(15)17/h4-5,8,16H,3,6-7,9-10H2,1-2H3,(H2,15,17). The minimum Gasteiger partial charge on any atom is -0.493 e. The molecule has 0 aromatic heterocycles. The smallest absolute Gasteiger partial charge is 0.243 e. The van der Waals surface area contributed by atoms with E-state index in [9.17, 15) is 4.79 Å². The summed E-state index contributed by atoms with van der Waals surface area (Å²) >= 11 is 0. The van der Waals surface area contributed by atoms with Gasteiger partial charge < -0.3 is 25.3 Å². The second-order valence-corrected chi connectivity index (χ2v) is 4.11. The van der Waals surface area contributed by atoms with E-state index >= 15 is 0 Å². The molecule has 0 aliphatic carbocycles. The van der Waals surface area contributed by atoms with Gasteiger partial charge in [-0.3, -0.25) is 4.79 Å². The molecule has 1 rings (SSSR count). The molecule has 0 bridgehead atoms. The number of methoxy groups -OCH3 is 1. The van der Waals surface area contributed by atoms with E-state index in [1.165, 1.54) is 0 Å². The zero-order valence-corrected chi connectivity index (χ0v) is 12.0. The molecule has 0 spiro atoms. The Labute approximate surface area is 119 Å². The van der Waals surface area contributed by atoms with Crippen molar-refractivity contribution in [3.63, 3.8) is 0 Å². The number of nitrogens with two attached hydrogens (primary N) is 1. The van der Waals surface area contributed by atoms with Crippen LogP contribution in [0.15, 0.2) is 18.2 Å². The first-order valence-electron chi connectivity index (χ1n) is 6.53. The molecule has 0 saturated carbocycles. The number of carbonyl (C=O) groups is 1. The zero-order chi connectivity index (χ0) is 14.8. The monoisotopic (exact) mass is 282 g/mol. The Hall–Kier alpha value is -1.79. The number of amides is 1. The van der Waals surface area contributed by atoms with Crippen LogP contribution in [0.2, 0.25) is 0 Å². The van der Waals surface area contributed by atoms with E-state index in [4.69, 9.17) is 19.9 Å². The van der Waals surface area contributed by atoms with Crippen molar-refractivity contribution in [2.45, 2.75) is 13.5 Å². The molecule has 0 aliphatic heterocycles. The number of rotatable bonds is 10. The van der Waals surface area contributed by atoms with Crippen molar-refractivity contribution in [2.75, 3.05) is 33.5 Å². The molecule has 112 valence electrons. The summed E-state index contributed by atoms with van der Waals surface area (Å²) in [5, 5.41) is 3.20. The first kappa shape index (κ1) is 16.3. The molecule has 1 aromatic carbocycles. The van der Waals surface area contributed by atoms with Gasteiger partial charge in [0.2, 0.25) is 5.91 Å². The third-order valence-corrected chi connectivity index (χ3v) is 2.52. The van der Waals surface area contributed by atoms with Crippen LogP contribution < -0.4 is 20.5 Å². The van der Waals surface area contributed by atoms with Gasteiger partial charge in [0.15, 0.2) is 11.5 Å². The summed E-state index contributed by atoms with van der Waals surface area (Å²) in [6.45, 7) is 4.26. The molecule has 0 unspecified atom stereocenters. The summed E-state index contributed by atoms with van der Waals surface area (Å²) in [6, 6.07) is 5.80. The van der Waals surface area contributed by atoms with Crippen molar-refractivity contribution in [1.82, 2.24) is 5.32 Å². The summed E-state index contributed by atoms with van der Waals surface area (Å²) in [4.78, 5) is 10.5. The van der Waals surface area contributed by atoms with E-state index in [1.807, 2.05) is 25.1 Å². The molecular weight excluding hydrogens is 260 g/mol. The number of nitrogens with one attached hydrogen (secondary N) is 1. The normalized spacial score (nSPS) is 10.3. The fraction of sp³-hybridized carbons (Fsp3) is 0.500. The predicted octanol–water partition coefficient (Wildman–Crippen LogP) is 0.685. The van der Waals surface area contributed by atoms with Gasteiger partial charge in [0.25, 0.3) is 0 Å². The number of hydrogen-bond donors (Lipinski definition) is 2. The van der Waals surface area contributed by atoms with Gasteiger partial charge in [-0.15, -0.1) is 0 Å². The molecule has 0 fully saturated rings. The lowest BCUT2D eigenvalue weighted by atomic mass is 10.2. The van der Waals surface area contributed by atoms with E-state index in [1.54, 1.807) is 7.11 Å². The second-order valence-electron chi connectivity index (χ2n) is 4.11. The van der Waals surface area contributed by atoms with Crippen molar-refractivity contribution >= 4 is 5.91 Å². The maximum absolute atomic E-state index is 10.5. The Morgan fingerprint density at radius 1 is 1.35 bits per heavy atom. The predicted molar refractivity (Wildman–Crippen MR) is 75.9 cm³/mol. The molecule has 0 heterocycles. The largest absolute Gasteiger partial charge is 0.493 e. The Morgan fingerprint density at radius 3 is 2.80 bits per heavy atom. The van der Waals surface area contributed by atoms with Gasteiger partial charge in [-0.2, -0.15) is 0 Å². The van der Waals surface area contributed by atoms with Crippen molar-refractivity contribution in [2.24, 2.45) is 5.73 Å². The number of carbonyl (C=O) groups excluding carboxylic acids is 1. The molecule has 3 N–H and O–H groups in total. The Balaban J connectivity index is 2.35. The minimum atomic E-state index is -0.457. The molecule has 0 radical (unpaired) electrons. The van der Waals surface area contributed by atoms with Crippen LogP contribution in [-0.4, -0.2) is 39.4 Å². The Morgan fingerprint density at radius 2 is 2.15 bits per heavy atom. The topological polar surface area (TPSA) is 82.8 Å². The van der Waals surface area contributed by atoms with Crippen LogP contribution in [0.4, 0.5) is 0 Å². The summed E-state index contributed by atoms with van der Waals surface area (Å²) in [5.74, 6) is 1.00. The van der Waals surface area contributed by atoms with Gasteiger partial charge in [0, 0.05) is 13.1 Å². The highest BCUT2D eigenvalue weighted by molar-refractivity contribution is 5.74. The van der Waals surface area contributed by atoms with Crippen LogP contribution in [0.5, 0.6) is 11.5 Å². The molecule has 6 heteroatoms. The third-order valence-electron chi connectivity index (χ3n) is 2.52. The SMILES string of the molecule is CCOc1ccc(CNCCOCC(N)=O)cc1OC.